The molecule has 2 N–H and O–H groups in total. The third kappa shape index (κ3) is 5.69. The predicted octanol–water partition coefficient (Wildman–Crippen LogP) is 4.10. The highest BCUT2D eigenvalue weighted by Gasteiger charge is 2.17. The van der Waals surface area contributed by atoms with E-state index in [2.05, 4.69) is 36.6 Å². The molecule has 27 heavy (non-hydrogen) atoms. The normalized spacial score (nSPS) is 11.4. The first-order valence-electron chi connectivity index (χ1n) is 9.01. The van der Waals surface area contributed by atoms with Gasteiger partial charge in [0.05, 0.1) is 7.11 Å². The Morgan fingerprint density at radius 2 is 1.59 bits per heavy atom. The van der Waals surface area contributed by atoms with Crippen LogP contribution in [0.25, 0.3) is 0 Å². The minimum absolute atomic E-state index is 0.265. The van der Waals surface area contributed by atoms with E-state index in [0.717, 1.165) is 35.4 Å². The zero-order valence-corrected chi connectivity index (χ0v) is 17.0. The smallest absolute Gasteiger partial charge is 0.266 e. The number of anilines is 1. The van der Waals surface area contributed by atoms with Crippen molar-refractivity contribution in [3.8, 4) is 11.5 Å². The Balaban J connectivity index is 1.97. The molecule has 2 aromatic carbocycles. The van der Waals surface area contributed by atoms with Crippen LogP contribution in [0.2, 0.25) is 0 Å². The number of hydrogen-bond acceptors (Lipinski definition) is 4. The average molecular weight is 387 g/mol. The van der Waals surface area contributed by atoms with E-state index >= 15 is 0 Å². The highest BCUT2D eigenvalue weighted by Crippen LogP contribution is 2.22. The molecule has 0 radical (unpaired) electrons. The Morgan fingerprint density at radius 3 is 2.11 bits per heavy atom. The van der Waals surface area contributed by atoms with Gasteiger partial charge in [-0.25, -0.2) is 0 Å². The lowest BCUT2D eigenvalue weighted by Crippen LogP contribution is -2.42. The molecule has 5 nitrogen and oxygen atoms in total. The number of para-hydroxylation sites is 1. The molecule has 144 valence electrons. The Kier molecular flexibility index (Phi) is 7.61. The molecule has 6 heteroatoms. The molecule has 0 aromatic heterocycles. The van der Waals surface area contributed by atoms with Gasteiger partial charge in [-0.1, -0.05) is 32.0 Å². The molecule has 0 fully saturated rings. The summed E-state index contributed by atoms with van der Waals surface area (Å²) in [4.78, 5) is 12.4. The Bertz CT molecular complexity index is 768. The van der Waals surface area contributed by atoms with Crippen LogP contribution in [0.1, 0.15) is 31.9 Å². The molecule has 2 rings (SSSR count). The lowest BCUT2D eigenvalue weighted by molar-refractivity contribution is -0.125. The topological polar surface area (TPSA) is 59.6 Å². The van der Waals surface area contributed by atoms with Crippen LogP contribution in [-0.4, -0.2) is 24.2 Å². The quantitative estimate of drug-likeness (QED) is 0.702. The molecule has 1 unspecified atom stereocenters. The summed E-state index contributed by atoms with van der Waals surface area (Å²) in [6.45, 7) is 5.86. The van der Waals surface area contributed by atoms with Gasteiger partial charge in [0.1, 0.15) is 11.5 Å². The predicted molar refractivity (Wildman–Crippen MR) is 113 cm³/mol. The van der Waals surface area contributed by atoms with Crippen LogP contribution in [0.15, 0.2) is 42.5 Å². The summed E-state index contributed by atoms with van der Waals surface area (Å²) in [5.74, 6) is 1.00. The average Bonchev–Trinajstić information content (AvgIpc) is 2.68. The molecule has 0 bridgehead atoms. The third-order valence-corrected chi connectivity index (χ3v) is 4.42. The number of rotatable bonds is 7. The number of benzene rings is 2. The lowest BCUT2D eigenvalue weighted by Gasteiger charge is -2.18. The van der Waals surface area contributed by atoms with Crippen molar-refractivity contribution < 1.29 is 14.3 Å². The number of thiocarbonyl (C=S) groups is 1. The van der Waals surface area contributed by atoms with Crippen molar-refractivity contribution in [3.05, 3.63) is 53.6 Å². The van der Waals surface area contributed by atoms with Gasteiger partial charge in [0, 0.05) is 5.69 Å². The van der Waals surface area contributed by atoms with E-state index in [0.29, 0.717) is 5.75 Å². The number of amides is 1. The van der Waals surface area contributed by atoms with Gasteiger partial charge in [0.15, 0.2) is 11.2 Å². The molecular formula is C21H26N2O3S. The SMILES string of the molecule is CCc1cccc(CC)c1NC(=S)NC(=O)C(C)Oc1ccc(OC)cc1. The molecule has 2 aromatic rings. The number of carbonyl (C=O) groups excluding carboxylic acids is 1. The summed E-state index contributed by atoms with van der Waals surface area (Å²) in [6, 6.07) is 13.2. The second kappa shape index (κ2) is 9.92. The molecule has 1 amide bonds. The molecule has 0 aliphatic carbocycles. The number of aryl methyl sites for hydroxylation is 2. The molecule has 0 heterocycles. The van der Waals surface area contributed by atoms with Crippen LogP contribution < -0.4 is 20.1 Å². The molecule has 0 saturated heterocycles. The maximum atomic E-state index is 12.4. The van der Waals surface area contributed by atoms with Gasteiger partial charge < -0.3 is 14.8 Å². The Morgan fingerprint density at radius 1 is 1.04 bits per heavy atom. The van der Waals surface area contributed by atoms with Crippen molar-refractivity contribution in [2.45, 2.75) is 39.7 Å². The zero-order valence-electron chi connectivity index (χ0n) is 16.2. The first kappa shape index (κ1) is 20.7. The van der Waals surface area contributed by atoms with Crippen molar-refractivity contribution in [3.63, 3.8) is 0 Å². The maximum absolute atomic E-state index is 12.4. The van der Waals surface area contributed by atoms with Crippen LogP contribution in [0, 0.1) is 0 Å². The minimum atomic E-state index is -0.690. The molecule has 1 atom stereocenters. The number of nitrogens with one attached hydrogen (secondary N) is 2. The largest absolute Gasteiger partial charge is 0.497 e. The van der Waals surface area contributed by atoms with E-state index in [1.54, 1.807) is 38.3 Å². The van der Waals surface area contributed by atoms with Crippen molar-refractivity contribution >= 4 is 28.9 Å². The fourth-order valence-corrected chi connectivity index (χ4v) is 2.88. The molecule has 0 spiro atoms. The highest BCUT2D eigenvalue weighted by atomic mass is 32.1. The second-order valence-electron chi connectivity index (χ2n) is 6.04. The lowest BCUT2D eigenvalue weighted by atomic mass is 10.0. The van der Waals surface area contributed by atoms with Crippen molar-refractivity contribution in [1.82, 2.24) is 5.32 Å². The first-order chi connectivity index (χ1) is 13.0. The van der Waals surface area contributed by atoms with Gasteiger partial charge in [-0.15, -0.1) is 0 Å². The maximum Gasteiger partial charge on any atom is 0.266 e. The number of methoxy groups -OCH3 is 1. The fraction of sp³-hybridized carbons (Fsp3) is 0.333. The van der Waals surface area contributed by atoms with Gasteiger partial charge in [0.2, 0.25) is 0 Å². The van der Waals surface area contributed by atoms with Gasteiger partial charge >= 0.3 is 0 Å². The summed E-state index contributed by atoms with van der Waals surface area (Å²) in [7, 11) is 1.60. The second-order valence-corrected chi connectivity index (χ2v) is 6.45. The van der Waals surface area contributed by atoms with Gasteiger partial charge in [-0.05, 0) is 67.4 Å². The fourth-order valence-electron chi connectivity index (χ4n) is 2.67. The minimum Gasteiger partial charge on any atom is -0.497 e. The van der Waals surface area contributed by atoms with E-state index < -0.39 is 6.10 Å². The van der Waals surface area contributed by atoms with E-state index in [1.807, 2.05) is 6.07 Å². The summed E-state index contributed by atoms with van der Waals surface area (Å²) in [5.41, 5.74) is 3.29. The summed E-state index contributed by atoms with van der Waals surface area (Å²) >= 11 is 5.33. The van der Waals surface area contributed by atoms with E-state index in [-0.39, 0.29) is 11.0 Å². The molecular weight excluding hydrogens is 360 g/mol. The van der Waals surface area contributed by atoms with E-state index in [9.17, 15) is 4.79 Å². The van der Waals surface area contributed by atoms with Gasteiger partial charge in [-0.3, -0.25) is 10.1 Å². The number of carbonyl (C=O) groups is 1. The Hall–Kier alpha value is -2.60. The van der Waals surface area contributed by atoms with Crippen molar-refractivity contribution in [2.75, 3.05) is 12.4 Å². The first-order valence-corrected chi connectivity index (χ1v) is 9.42. The van der Waals surface area contributed by atoms with Crippen LogP contribution >= 0.6 is 12.2 Å². The summed E-state index contributed by atoms with van der Waals surface area (Å²) in [5, 5.41) is 6.14. The summed E-state index contributed by atoms with van der Waals surface area (Å²) < 4.78 is 10.8. The van der Waals surface area contributed by atoms with E-state index in [4.69, 9.17) is 21.7 Å². The van der Waals surface area contributed by atoms with Crippen molar-refractivity contribution in [2.24, 2.45) is 0 Å². The van der Waals surface area contributed by atoms with Crippen LogP contribution in [0.5, 0.6) is 11.5 Å². The summed E-state index contributed by atoms with van der Waals surface area (Å²) in [6.07, 6.45) is 1.07. The molecule has 0 aliphatic rings. The van der Waals surface area contributed by atoms with Crippen LogP contribution in [0.4, 0.5) is 5.69 Å². The van der Waals surface area contributed by atoms with Gasteiger partial charge in [0.25, 0.3) is 5.91 Å². The molecule has 0 aliphatic heterocycles. The molecule has 0 saturated carbocycles. The van der Waals surface area contributed by atoms with Crippen LogP contribution in [-0.2, 0) is 17.6 Å². The Labute approximate surface area is 166 Å². The zero-order chi connectivity index (χ0) is 19.8. The standard InChI is InChI=1S/C21H26N2O3S/c1-5-15-8-7-9-16(6-2)19(15)22-21(27)23-20(24)14(3)26-18-12-10-17(25-4)11-13-18/h7-14H,5-6H2,1-4H3,(H2,22,23,24,27). The van der Waals surface area contributed by atoms with Crippen LogP contribution in [0.3, 0.4) is 0 Å². The van der Waals surface area contributed by atoms with Crippen molar-refractivity contribution in [1.29, 1.82) is 0 Å². The highest BCUT2D eigenvalue weighted by molar-refractivity contribution is 7.80. The monoisotopic (exact) mass is 386 g/mol. The number of ether oxygens (including phenoxy) is 2. The third-order valence-electron chi connectivity index (χ3n) is 4.22. The van der Waals surface area contributed by atoms with Gasteiger partial charge in [-0.2, -0.15) is 0 Å². The van der Waals surface area contributed by atoms with E-state index in [1.165, 1.54) is 0 Å². The number of hydrogen-bond donors (Lipinski definition) is 2.